The third-order valence-corrected chi connectivity index (χ3v) is 5.49. The van der Waals surface area contributed by atoms with Crippen LogP contribution in [-0.4, -0.2) is 80.2 Å². The maximum atomic E-state index is 12.3. The molecule has 0 unspecified atom stereocenters. The van der Waals surface area contributed by atoms with Crippen LogP contribution in [0.1, 0.15) is 0 Å². The van der Waals surface area contributed by atoms with Gasteiger partial charge in [0.2, 0.25) is 6.29 Å². The van der Waals surface area contributed by atoms with Crippen molar-refractivity contribution in [3.05, 3.63) is 40.8 Å². The molecule has 1 fully saturated rings. The van der Waals surface area contributed by atoms with Crippen LogP contribution in [0.2, 0.25) is 0 Å². The minimum absolute atomic E-state index is 0.0290. The van der Waals surface area contributed by atoms with Crippen molar-refractivity contribution in [3.8, 4) is 39.9 Å². The zero-order chi connectivity index (χ0) is 24.7. The lowest BCUT2D eigenvalue weighted by Gasteiger charge is -2.39. The summed E-state index contributed by atoms with van der Waals surface area (Å²) in [5.41, 5.74) is -0.909. The molecule has 0 radical (unpaired) electrons. The predicted octanol–water partition coefficient (Wildman–Crippen LogP) is -0.236. The van der Waals surface area contributed by atoms with Gasteiger partial charge in [0.25, 0.3) is 0 Å². The van der Waals surface area contributed by atoms with Crippen molar-refractivity contribution in [2.24, 2.45) is 0 Å². The van der Waals surface area contributed by atoms with Crippen molar-refractivity contribution in [2.75, 3.05) is 13.7 Å². The smallest absolute Gasteiger partial charge is 0.336 e. The molecule has 4 rings (SSSR count). The molecule has 0 bridgehead atoms. The second kappa shape index (κ2) is 9.00. The van der Waals surface area contributed by atoms with Crippen molar-refractivity contribution in [1.29, 1.82) is 0 Å². The number of aromatic hydroxyl groups is 3. The van der Waals surface area contributed by atoms with Gasteiger partial charge in [0, 0.05) is 35.4 Å². The van der Waals surface area contributed by atoms with E-state index in [9.17, 15) is 40.5 Å². The standard InChI is InChI=1S/C22H22O12/c1-31-8-2-14-18(10(5-17(27)32-14)9-4-12(25)13(26)6-11(9)24)15(3-8)33-22-21(30)20(29)19(28)16(7-23)34-22/h2-6,16,19-26,28-30H,7H2,1H3/t16-,19-,20-,21-,22-/m0/s1. The van der Waals surface area contributed by atoms with Crippen LogP contribution < -0.4 is 15.1 Å². The molecule has 7 N–H and O–H groups in total. The van der Waals surface area contributed by atoms with Gasteiger partial charge < -0.3 is 54.4 Å². The normalized spacial score (nSPS) is 24.8. The van der Waals surface area contributed by atoms with E-state index < -0.39 is 60.2 Å². The summed E-state index contributed by atoms with van der Waals surface area (Å²) in [6.07, 6.45) is -7.86. The molecule has 1 aliphatic heterocycles. The van der Waals surface area contributed by atoms with E-state index in [0.717, 1.165) is 18.2 Å². The average Bonchev–Trinajstić information content (AvgIpc) is 2.80. The first-order valence-electron chi connectivity index (χ1n) is 10.0. The maximum Gasteiger partial charge on any atom is 0.336 e. The highest BCUT2D eigenvalue weighted by Crippen LogP contribution is 2.44. The lowest BCUT2D eigenvalue weighted by Crippen LogP contribution is -2.60. The van der Waals surface area contributed by atoms with E-state index in [-0.39, 0.29) is 33.6 Å². The van der Waals surface area contributed by atoms with Crippen LogP contribution in [0.5, 0.6) is 28.7 Å². The second-order valence-corrected chi connectivity index (χ2v) is 7.65. The first-order valence-corrected chi connectivity index (χ1v) is 10.0. The highest BCUT2D eigenvalue weighted by atomic mass is 16.7. The number of benzene rings is 2. The fraction of sp³-hybridized carbons (Fsp3) is 0.318. The molecule has 5 atom stereocenters. The molecule has 1 aromatic heterocycles. The Bertz CT molecular complexity index is 1270. The van der Waals surface area contributed by atoms with E-state index in [1.165, 1.54) is 19.2 Å². The van der Waals surface area contributed by atoms with Gasteiger partial charge in [-0.1, -0.05) is 0 Å². The first-order chi connectivity index (χ1) is 16.1. The summed E-state index contributed by atoms with van der Waals surface area (Å²) in [5.74, 6) is -1.56. The number of phenols is 3. The molecule has 3 aromatic rings. The minimum atomic E-state index is -1.73. The summed E-state index contributed by atoms with van der Waals surface area (Å²) >= 11 is 0. The van der Waals surface area contributed by atoms with Gasteiger partial charge in [-0.15, -0.1) is 0 Å². The molecule has 0 saturated carbocycles. The van der Waals surface area contributed by atoms with Crippen molar-refractivity contribution < 1.29 is 54.4 Å². The van der Waals surface area contributed by atoms with Crippen molar-refractivity contribution in [1.82, 2.24) is 0 Å². The fourth-order valence-electron chi connectivity index (χ4n) is 3.73. The van der Waals surface area contributed by atoms with Crippen LogP contribution in [0.15, 0.2) is 39.5 Å². The Morgan fingerprint density at radius 2 is 1.59 bits per heavy atom. The quantitative estimate of drug-likeness (QED) is 0.144. The van der Waals surface area contributed by atoms with Gasteiger partial charge in [0.05, 0.1) is 19.1 Å². The predicted molar refractivity (Wildman–Crippen MR) is 114 cm³/mol. The largest absolute Gasteiger partial charge is 0.507 e. The van der Waals surface area contributed by atoms with Crippen molar-refractivity contribution in [3.63, 3.8) is 0 Å². The molecule has 0 amide bonds. The lowest BCUT2D eigenvalue weighted by atomic mass is 9.98. The third kappa shape index (κ3) is 4.08. The summed E-state index contributed by atoms with van der Waals surface area (Å²) in [4.78, 5) is 12.3. The average molecular weight is 478 g/mol. The molecule has 12 heteroatoms. The zero-order valence-corrected chi connectivity index (χ0v) is 17.7. The Morgan fingerprint density at radius 1 is 0.882 bits per heavy atom. The van der Waals surface area contributed by atoms with Crippen molar-refractivity contribution >= 4 is 11.0 Å². The van der Waals surface area contributed by atoms with Gasteiger partial charge in [-0.3, -0.25) is 0 Å². The minimum Gasteiger partial charge on any atom is -0.507 e. The number of methoxy groups -OCH3 is 1. The number of aliphatic hydroxyl groups is 4. The number of fused-ring (bicyclic) bond motifs is 1. The Labute approximate surface area is 191 Å². The summed E-state index contributed by atoms with van der Waals surface area (Å²) < 4.78 is 21.6. The summed E-state index contributed by atoms with van der Waals surface area (Å²) in [6.45, 7) is -0.676. The number of rotatable bonds is 5. The zero-order valence-electron chi connectivity index (χ0n) is 17.7. The molecular weight excluding hydrogens is 456 g/mol. The van der Waals surface area contributed by atoms with Gasteiger partial charge in [-0.2, -0.15) is 0 Å². The molecular formula is C22H22O12. The molecule has 182 valence electrons. The number of phenolic OH excluding ortho intramolecular Hbond substituents is 3. The fourth-order valence-corrected chi connectivity index (χ4v) is 3.73. The molecule has 1 aliphatic rings. The second-order valence-electron chi connectivity index (χ2n) is 7.65. The molecule has 0 spiro atoms. The number of hydrogen-bond donors (Lipinski definition) is 7. The molecule has 2 heterocycles. The monoisotopic (exact) mass is 478 g/mol. The van der Waals surface area contributed by atoms with E-state index in [1.807, 2.05) is 0 Å². The van der Waals surface area contributed by atoms with Gasteiger partial charge >= 0.3 is 5.63 Å². The molecule has 1 saturated heterocycles. The summed E-state index contributed by atoms with van der Waals surface area (Å²) in [5, 5.41) is 70.0. The van der Waals surface area contributed by atoms with Crippen LogP contribution in [0.25, 0.3) is 22.1 Å². The summed E-state index contributed by atoms with van der Waals surface area (Å²) in [7, 11) is 1.34. The van der Waals surface area contributed by atoms with Crippen LogP contribution in [0.3, 0.4) is 0 Å². The van der Waals surface area contributed by atoms with E-state index in [0.29, 0.717) is 0 Å². The van der Waals surface area contributed by atoms with Gasteiger partial charge in [0.15, 0.2) is 11.5 Å². The SMILES string of the molecule is COc1cc(O[C@H]2O[C@@H](CO)[C@H](O)[C@H](O)[C@@H]2O)c2c(-c3cc(O)c(O)cc3O)cc(=O)oc2c1. The molecule has 0 aliphatic carbocycles. The highest BCUT2D eigenvalue weighted by molar-refractivity contribution is 6.00. The topological polar surface area (TPSA) is 200 Å². The van der Waals surface area contributed by atoms with E-state index in [2.05, 4.69) is 0 Å². The third-order valence-electron chi connectivity index (χ3n) is 5.49. The number of aliphatic hydroxyl groups excluding tert-OH is 4. The van der Waals surface area contributed by atoms with Crippen LogP contribution in [-0.2, 0) is 4.74 Å². The molecule has 12 nitrogen and oxygen atoms in total. The van der Waals surface area contributed by atoms with Gasteiger partial charge in [-0.25, -0.2) is 4.79 Å². The maximum absolute atomic E-state index is 12.3. The molecule has 34 heavy (non-hydrogen) atoms. The first kappa shape index (κ1) is 23.6. The lowest BCUT2D eigenvalue weighted by molar-refractivity contribution is -0.277. The highest BCUT2D eigenvalue weighted by Gasteiger charge is 2.45. The van der Waals surface area contributed by atoms with Crippen LogP contribution >= 0.6 is 0 Å². The molecule has 2 aromatic carbocycles. The van der Waals surface area contributed by atoms with E-state index >= 15 is 0 Å². The van der Waals surface area contributed by atoms with E-state index in [1.54, 1.807) is 0 Å². The Morgan fingerprint density at radius 3 is 2.26 bits per heavy atom. The van der Waals surface area contributed by atoms with Crippen LogP contribution in [0, 0.1) is 0 Å². The van der Waals surface area contributed by atoms with E-state index in [4.69, 9.17) is 18.6 Å². The number of hydrogen-bond acceptors (Lipinski definition) is 12. The van der Waals surface area contributed by atoms with Gasteiger partial charge in [-0.05, 0) is 6.07 Å². The van der Waals surface area contributed by atoms with Crippen LogP contribution in [0.4, 0.5) is 0 Å². The van der Waals surface area contributed by atoms with Gasteiger partial charge in [0.1, 0.15) is 47.2 Å². The summed E-state index contributed by atoms with van der Waals surface area (Å²) in [6, 6.07) is 5.64. The Kier molecular flexibility index (Phi) is 6.25. The number of ether oxygens (including phenoxy) is 3. The van der Waals surface area contributed by atoms with Crippen molar-refractivity contribution in [2.45, 2.75) is 30.7 Å². The Balaban J connectivity index is 1.92. The Hall–Kier alpha value is -3.55.